The fourth-order valence-corrected chi connectivity index (χ4v) is 4.26. The van der Waals surface area contributed by atoms with Crippen molar-refractivity contribution in [1.82, 2.24) is 10.0 Å². The molecular weight excluding hydrogens is 402 g/mol. The second-order valence-electron chi connectivity index (χ2n) is 7.69. The maximum atomic E-state index is 12.6. The van der Waals surface area contributed by atoms with Crippen LogP contribution < -0.4 is 15.4 Å². The molecule has 0 unspecified atom stereocenters. The predicted molar refractivity (Wildman–Crippen MR) is 118 cm³/mol. The molecule has 3 N–H and O–H groups in total. The van der Waals surface area contributed by atoms with Crippen molar-refractivity contribution >= 4 is 27.5 Å². The van der Waals surface area contributed by atoms with Crippen LogP contribution in [0.25, 0.3) is 0 Å². The summed E-state index contributed by atoms with van der Waals surface area (Å²) in [5.74, 6) is -1.26. The molecule has 0 fully saturated rings. The largest absolute Gasteiger partial charge is 0.346 e. The van der Waals surface area contributed by atoms with E-state index in [0.717, 1.165) is 16.7 Å². The van der Waals surface area contributed by atoms with Gasteiger partial charge in [-0.3, -0.25) is 9.59 Å². The van der Waals surface area contributed by atoms with Crippen molar-refractivity contribution in [3.8, 4) is 0 Å². The van der Waals surface area contributed by atoms with Gasteiger partial charge in [-0.15, -0.1) is 0 Å². The number of hydrogen-bond donors (Lipinski definition) is 3. The van der Waals surface area contributed by atoms with Crippen LogP contribution in [0.4, 0.5) is 5.69 Å². The van der Waals surface area contributed by atoms with Gasteiger partial charge in [-0.2, -0.15) is 4.72 Å². The third-order valence-corrected chi connectivity index (χ3v) is 6.19. The third kappa shape index (κ3) is 6.14. The van der Waals surface area contributed by atoms with Crippen LogP contribution in [0.3, 0.4) is 0 Å². The van der Waals surface area contributed by atoms with Crippen LogP contribution in [0.1, 0.15) is 30.5 Å². The fraction of sp³-hybridized carbons (Fsp3) is 0.364. The first-order valence-corrected chi connectivity index (χ1v) is 11.2. The van der Waals surface area contributed by atoms with E-state index in [1.165, 1.54) is 12.1 Å². The molecule has 2 rings (SSSR count). The van der Waals surface area contributed by atoms with E-state index in [9.17, 15) is 18.0 Å². The fourth-order valence-electron chi connectivity index (χ4n) is 2.92. The Morgan fingerprint density at radius 1 is 0.933 bits per heavy atom. The molecule has 0 heterocycles. The third-order valence-electron chi connectivity index (χ3n) is 4.73. The predicted octanol–water partition coefficient (Wildman–Crippen LogP) is 2.67. The topological polar surface area (TPSA) is 104 Å². The van der Waals surface area contributed by atoms with Gasteiger partial charge in [0.25, 0.3) is 0 Å². The summed E-state index contributed by atoms with van der Waals surface area (Å²) in [6, 6.07) is 11.0. The quantitative estimate of drug-likeness (QED) is 0.598. The van der Waals surface area contributed by atoms with E-state index in [1.54, 1.807) is 26.0 Å². The minimum Gasteiger partial charge on any atom is -0.346 e. The molecule has 0 saturated heterocycles. The van der Waals surface area contributed by atoms with Gasteiger partial charge in [0, 0.05) is 5.69 Å². The Kier molecular flexibility index (Phi) is 7.75. The SMILES string of the molecule is Cc1ccc(S(=O)(=O)N[C@@H](C(=O)NCC(=O)Nc2c(C)cccc2C)C(C)C)cc1. The summed E-state index contributed by atoms with van der Waals surface area (Å²) in [5, 5.41) is 5.32. The lowest BCUT2D eigenvalue weighted by Gasteiger charge is -2.21. The van der Waals surface area contributed by atoms with E-state index >= 15 is 0 Å². The van der Waals surface area contributed by atoms with Crippen LogP contribution in [0.5, 0.6) is 0 Å². The van der Waals surface area contributed by atoms with Gasteiger partial charge in [-0.25, -0.2) is 8.42 Å². The lowest BCUT2D eigenvalue weighted by atomic mass is 10.1. The normalized spacial score (nSPS) is 12.5. The van der Waals surface area contributed by atoms with Crippen molar-refractivity contribution in [2.24, 2.45) is 5.92 Å². The molecule has 30 heavy (non-hydrogen) atoms. The summed E-state index contributed by atoms with van der Waals surface area (Å²) in [6.45, 7) is 8.84. The first kappa shape index (κ1) is 23.6. The minimum absolute atomic E-state index is 0.0827. The molecule has 162 valence electrons. The molecule has 0 aromatic heterocycles. The van der Waals surface area contributed by atoms with Crippen molar-refractivity contribution in [2.75, 3.05) is 11.9 Å². The molecule has 0 saturated carbocycles. The summed E-state index contributed by atoms with van der Waals surface area (Å²) in [6.07, 6.45) is 0. The molecule has 0 aliphatic rings. The van der Waals surface area contributed by atoms with Crippen LogP contribution in [0.2, 0.25) is 0 Å². The van der Waals surface area contributed by atoms with Crippen LogP contribution in [-0.2, 0) is 19.6 Å². The lowest BCUT2D eigenvalue weighted by Crippen LogP contribution is -2.50. The Morgan fingerprint density at radius 3 is 2.03 bits per heavy atom. The second-order valence-corrected chi connectivity index (χ2v) is 9.40. The number of carbonyl (C=O) groups excluding carboxylic acids is 2. The minimum atomic E-state index is -3.88. The molecule has 0 radical (unpaired) electrons. The number of hydrogen-bond acceptors (Lipinski definition) is 4. The summed E-state index contributed by atoms with van der Waals surface area (Å²) in [7, 11) is -3.88. The highest BCUT2D eigenvalue weighted by molar-refractivity contribution is 7.89. The number of nitrogens with one attached hydrogen (secondary N) is 3. The number of aryl methyl sites for hydroxylation is 3. The average Bonchev–Trinajstić information content (AvgIpc) is 2.67. The molecule has 0 aliphatic heterocycles. The van der Waals surface area contributed by atoms with Crippen LogP contribution in [0.15, 0.2) is 47.4 Å². The number of benzene rings is 2. The first-order chi connectivity index (χ1) is 14.0. The Morgan fingerprint density at radius 2 is 1.50 bits per heavy atom. The van der Waals surface area contributed by atoms with Gasteiger partial charge in [-0.05, 0) is 49.9 Å². The van der Waals surface area contributed by atoms with Gasteiger partial charge in [0.05, 0.1) is 11.4 Å². The zero-order valence-electron chi connectivity index (χ0n) is 17.9. The van der Waals surface area contributed by atoms with E-state index < -0.39 is 22.0 Å². The summed E-state index contributed by atoms with van der Waals surface area (Å²) >= 11 is 0. The molecule has 2 aromatic rings. The number of amides is 2. The molecule has 1 atom stereocenters. The first-order valence-electron chi connectivity index (χ1n) is 9.74. The lowest BCUT2D eigenvalue weighted by molar-refractivity contribution is -0.126. The summed E-state index contributed by atoms with van der Waals surface area (Å²) < 4.78 is 27.7. The standard InChI is InChI=1S/C22H29N3O4S/c1-14(2)20(25-30(28,29)18-11-9-15(3)10-12-18)22(27)23-13-19(26)24-21-16(4)7-6-8-17(21)5/h6-12,14,20,25H,13H2,1-5H3,(H,23,27)(H,24,26)/t20-/m1/s1. The maximum Gasteiger partial charge on any atom is 0.243 e. The number of rotatable bonds is 8. The molecule has 7 nitrogen and oxygen atoms in total. The summed E-state index contributed by atoms with van der Waals surface area (Å²) in [4.78, 5) is 25.0. The molecule has 8 heteroatoms. The van der Waals surface area contributed by atoms with Gasteiger partial charge >= 0.3 is 0 Å². The second kappa shape index (κ2) is 9.86. The van der Waals surface area contributed by atoms with Gasteiger partial charge < -0.3 is 10.6 Å². The van der Waals surface area contributed by atoms with Crippen molar-refractivity contribution in [2.45, 2.75) is 45.6 Å². The maximum absolute atomic E-state index is 12.6. The van der Waals surface area contributed by atoms with E-state index in [0.29, 0.717) is 5.69 Å². The van der Waals surface area contributed by atoms with Gasteiger partial charge in [0.2, 0.25) is 21.8 Å². The van der Waals surface area contributed by atoms with Crippen LogP contribution in [0, 0.1) is 26.7 Å². The highest BCUT2D eigenvalue weighted by Gasteiger charge is 2.28. The van der Waals surface area contributed by atoms with E-state index in [4.69, 9.17) is 0 Å². The zero-order chi connectivity index (χ0) is 22.5. The van der Waals surface area contributed by atoms with Gasteiger partial charge in [0.1, 0.15) is 6.04 Å². The van der Waals surface area contributed by atoms with E-state index in [-0.39, 0.29) is 23.3 Å². The van der Waals surface area contributed by atoms with Crippen molar-refractivity contribution < 1.29 is 18.0 Å². The monoisotopic (exact) mass is 431 g/mol. The summed E-state index contributed by atoms with van der Waals surface area (Å²) in [5.41, 5.74) is 3.47. The highest BCUT2D eigenvalue weighted by Crippen LogP contribution is 2.19. The number of sulfonamides is 1. The molecule has 0 spiro atoms. The van der Waals surface area contributed by atoms with Crippen molar-refractivity contribution in [3.05, 3.63) is 59.2 Å². The average molecular weight is 432 g/mol. The number of anilines is 1. The van der Waals surface area contributed by atoms with E-state index in [2.05, 4.69) is 15.4 Å². The molecule has 2 amide bonds. The molecule has 2 aromatic carbocycles. The van der Waals surface area contributed by atoms with Crippen LogP contribution in [-0.4, -0.2) is 32.8 Å². The van der Waals surface area contributed by atoms with E-state index in [1.807, 2.05) is 39.0 Å². The Bertz CT molecular complexity index is 995. The Hall–Kier alpha value is -2.71. The number of para-hydroxylation sites is 1. The van der Waals surface area contributed by atoms with Crippen LogP contribution >= 0.6 is 0 Å². The smallest absolute Gasteiger partial charge is 0.243 e. The molecule has 0 aliphatic carbocycles. The molecular formula is C22H29N3O4S. The Balaban J connectivity index is 2.03. The Labute approximate surface area is 178 Å². The number of carbonyl (C=O) groups is 2. The van der Waals surface area contributed by atoms with Crippen molar-refractivity contribution in [3.63, 3.8) is 0 Å². The van der Waals surface area contributed by atoms with Gasteiger partial charge in [-0.1, -0.05) is 49.7 Å². The zero-order valence-corrected chi connectivity index (χ0v) is 18.8. The van der Waals surface area contributed by atoms with Gasteiger partial charge in [0.15, 0.2) is 0 Å². The van der Waals surface area contributed by atoms with Crippen molar-refractivity contribution in [1.29, 1.82) is 0 Å². The molecule has 0 bridgehead atoms. The highest BCUT2D eigenvalue weighted by atomic mass is 32.2.